The van der Waals surface area contributed by atoms with Crippen molar-refractivity contribution in [3.8, 4) is 0 Å². The molecule has 1 fully saturated rings. The van der Waals surface area contributed by atoms with E-state index in [1.807, 2.05) is 23.0 Å². The van der Waals surface area contributed by atoms with Crippen LogP contribution in [0.2, 0.25) is 6.82 Å². The van der Waals surface area contributed by atoms with Gasteiger partial charge in [0.15, 0.2) is 12.9 Å². The van der Waals surface area contributed by atoms with Crippen LogP contribution in [0.5, 0.6) is 0 Å². The van der Waals surface area contributed by atoms with Crippen LogP contribution in [0.1, 0.15) is 31.2 Å². The quantitative estimate of drug-likeness (QED) is 0.608. The van der Waals surface area contributed by atoms with Crippen LogP contribution in [-0.4, -0.2) is 51.2 Å². The molecule has 4 heterocycles. The summed E-state index contributed by atoms with van der Waals surface area (Å²) in [6.07, 6.45) is 9.81. The van der Waals surface area contributed by atoms with E-state index >= 15 is 0 Å². The summed E-state index contributed by atoms with van der Waals surface area (Å²) in [6.45, 7) is 3.99. The summed E-state index contributed by atoms with van der Waals surface area (Å²) in [5, 5.41) is 17.6. The van der Waals surface area contributed by atoms with Crippen molar-refractivity contribution in [3.05, 3.63) is 42.4 Å². The summed E-state index contributed by atoms with van der Waals surface area (Å²) in [4.78, 5) is 11.5. The van der Waals surface area contributed by atoms with E-state index < -0.39 is 0 Å². The van der Waals surface area contributed by atoms with Crippen LogP contribution in [0.4, 0.5) is 11.6 Å². The van der Waals surface area contributed by atoms with E-state index in [0.717, 1.165) is 61.4 Å². The number of aromatic nitrogens is 4. The zero-order valence-corrected chi connectivity index (χ0v) is 16.4. The zero-order chi connectivity index (χ0) is 19.3. The largest absolute Gasteiger partial charge is 0.396 e. The van der Waals surface area contributed by atoms with Gasteiger partial charge in [-0.25, -0.2) is 4.98 Å². The Morgan fingerprint density at radius 3 is 3.04 bits per heavy atom. The van der Waals surface area contributed by atoms with Gasteiger partial charge in [0, 0.05) is 50.4 Å². The predicted molar refractivity (Wildman–Crippen MR) is 114 cm³/mol. The van der Waals surface area contributed by atoms with Crippen LogP contribution in [0.25, 0.3) is 5.65 Å². The Hall–Kier alpha value is -2.61. The molecule has 1 atom stereocenters. The number of hydrogen-bond acceptors (Lipinski definition) is 6. The Labute approximate surface area is 166 Å². The molecule has 1 saturated heterocycles. The van der Waals surface area contributed by atoms with Crippen LogP contribution < -0.4 is 15.7 Å². The normalized spacial score (nSPS) is 17.1. The van der Waals surface area contributed by atoms with Gasteiger partial charge in [0.25, 0.3) is 0 Å². The lowest BCUT2D eigenvalue weighted by atomic mass is 9.75. The number of rotatable bonds is 7. The van der Waals surface area contributed by atoms with Gasteiger partial charge in [-0.3, -0.25) is 4.98 Å². The van der Waals surface area contributed by atoms with E-state index in [0.29, 0.717) is 12.6 Å². The smallest absolute Gasteiger partial charge is 0.161 e. The molecule has 1 aliphatic heterocycles. The third-order valence-electron chi connectivity index (χ3n) is 5.49. The van der Waals surface area contributed by atoms with Crippen molar-refractivity contribution < 1.29 is 5.11 Å². The minimum atomic E-state index is 0.211. The summed E-state index contributed by atoms with van der Waals surface area (Å²) < 4.78 is 1.89. The van der Waals surface area contributed by atoms with Gasteiger partial charge in [-0.1, -0.05) is 12.9 Å². The van der Waals surface area contributed by atoms with Crippen LogP contribution in [0, 0.1) is 0 Å². The van der Waals surface area contributed by atoms with Crippen molar-refractivity contribution in [2.24, 2.45) is 0 Å². The third-order valence-corrected chi connectivity index (χ3v) is 5.49. The number of aliphatic hydroxyl groups is 1. The number of anilines is 2. The minimum Gasteiger partial charge on any atom is -0.396 e. The highest BCUT2D eigenvalue weighted by Crippen LogP contribution is 2.27. The summed E-state index contributed by atoms with van der Waals surface area (Å²) in [5.74, 6) is 1.89. The Balaban J connectivity index is 1.70. The highest BCUT2D eigenvalue weighted by molar-refractivity contribution is 6.54. The molecule has 1 aliphatic rings. The number of pyridine rings is 1. The van der Waals surface area contributed by atoms with Crippen LogP contribution in [-0.2, 0) is 6.54 Å². The monoisotopic (exact) mass is 378 g/mol. The van der Waals surface area contributed by atoms with E-state index in [1.165, 1.54) is 6.42 Å². The highest BCUT2D eigenvalue weighted by atomic mass is 16.3. The first-order chi connectivity index (χ1) is 13.8. The average molecular weight is 378 g/mol. The number of piperidine rings is 1. The lowest BCUT2D eigenvalue weighted by Crippen LogP contribution is -2.41. The van der Waals surface area contributed by atoms with Gasteiger partial charge >= 0.3 is 0 Å². The molecule has 8 heteroatoms. The summed E-state index contributed by atoms with van der Waals surface area (Å²) in [7, 11) is 0.891. The molecule has 0 bridgehead atoms. The Bertz CT molecular complexity index is 914. The van der Waals surface area contributed by atoms with Gasteiger partial charge < -0.3 is 15.3 Å². The van der Waals surface area contributed by atoms with E-state index in [4.69, 9.17) is 4.98 Å². The first kappa shape index (κ1) is 18.7. The summed E-state index contributed by atoms with van der Waals surface area (Å²) in [6, 6.07) is 6.43. The second-order valence-corrected chi connectivity index (χ2v) is 7.33. The van der Waals surface area contributed by atoms with E-state index in [1.54, 1.807) is 6.20 Å². The van der Waals surface area contributed by atoms with Gasteiger partial charge in [-0.15, -0.1) is 0 Å². The van der Waals surface area contributed by atoms with Crippen LogP contribution >= 0.6 is 0 Å². The second kappa shape index (κ2) is 8.60. The Morgan fingerprint density at radius 2 is 2.25 bits per heavy atom. The molecule has 3 aromatic rings. The standard InChI is InChI=1S/C20H27BN6O/c1-21-17-14-24-27-18(23-13-15-5-4-8-22-12-15)11-19(25-20(17)27)26-9-3-2-6-16(26)7-10-28/h4-5,8,11-12,14,16,21,23,28H,2-3,6-7,9-10,13H2,1H3/t16-/m0/s1. The fraction of sp³-hybridized carbons (Fsp3) is 0.450. The first-order valence-corrected chi connectivity index (χ1v) is 10.2. The Morgan fingerprint density at radius 1 is 1.32 bits per heavy atom. The lowest BCUT2D eigenvalue weighted by Gasteiger charge is -2.36. The second-order valence-electron chi connectivity index (χ2n) is 7.33. The topological polar surface area (TPSA) is 78.6 Å². The fourth-order valence-electron chi connectivity index (χ4n) is 3.96. The van der Waals surface area contributed by atoms with Gasteiger partial charge in [0.2, 0.25) is 0 Å². The molecular formula is C20H27BN6O. The number of nitrogens with zero attached hydrogens (tertiary/aromatic N) is 5. The number of aliphatic hydroxyl groups excluding tert-OH is 1. The minimum absolute atomic E-state index is 0.211. The van der Waals surface area contributed by atoms with Gasteiger partial charge in [0.05, 0.1) is 0 Å². The molecule has 0 saturated carbocycles. The van der Waals surface area contributed by atoms with Crippen LogP contribution in [0.15, 0.2) is 36.8 Å². The highest BCUT2D eigenvalue weighted by Gasteiger charge is 2.24. The molecule has 0 amide bonds. The van der Waals surface area contributed by atoms with Crippen molar-refractivity contribution >= 4 is 30.0 Å². The molecule has 4 rings (SSSR count). The average Bonchev–Trinajstić information content (AvgIpc) is 3.16. The maximum atomic E-state index is 9.49. The van der Waals surface area contributed by atoms with Crippen LogP contribution in [0.3, 0.4) is 0 Å². The van der Waals surface area contributed by atoms with Crippen molar-refractivity contribution in [2.75, 3.05) is 23.4 Å². The summed E-state index contributed by atoms with van der Waals surface area (Å²) in [5.41, 5.74) is 3.16. The van der Waals surface area contributed by atoms with E-state index in [2.05, 4.69) is 39.3 Å². The van der Waals surface area contributed by atoms with E-state index in [-0.39, 0.29) is 6.61 Å². The SMILES string of the molecule is CBc1cnn2c(NCc3cccnc3)cc(N3CCCC[C@H]3CCO)nc12. The van der Waals surface area contributed by atoms with E-state index in [9.17, 15) is 5.11 Å². The molecule has 0 aromatic carbocycles. The molecule has 0 radical (unpaired) electrons. The molecule has 7 nitrogen and oxygen atoms in total. The zero-order valence-electron chi connectivity index (χ0n) is 16.4. The molecule has 0 spiro atoms. The molecule has 0 aliphatic carbocycles. The number of fused-ring (bicyclic) bond motifs is 1. The summed E-state index contributed by atoms with van der Waals surface area (Å²) >= 11 is 0. The maximum Gasteiger partial charge on any atom is 0.161 e. The van der Waals surface area contributed by atoms with Crippen molar-refractivity contribution in [3.63, 3.8) is 0 Å². The fourth-order valence-corrected chi connectivity index (χ4v) is 3.96. The number of hydrogen-bond donors (Lipinski definition) is 2. The molecule has 0 unspecified atom stereocenters. The molecule has 3 aromatic heterocycles. The lowest BCUT2D eigenvalue weighted by molar-refractivity contribution is 0.262. The third kappa shape index (κ3) is 3.82. The van der Waals surface area contributed by atoms with Crippen molar-refractivity contribution in [1.29, 1.82) is 0 Å². The first-order valence-electron chi connectivity index (χ1n) is 10.2. The predicted octanol–water partition coefficient (Wildman–Crippen LogP) is 1.59. The Kier molecular flexibility index (Phi) is 5.76. The maximum absolute atomic E-state index is 9.49. The van der Waals surface area contributed by atoms with Gasteiger partial charge in [-0.2, -0.15) is 9.61 Å². The molecular weight excluding hydrogens is 351 g/mol. The molecule has 28 heavy (non-hydrogen) atoms. The number of nitrogens with one attached hydrogen (secondary N) is 1. The molecule has 146 valence electrons. The molecule has 2 N–H and O–H groups in total. The van der Waals surface area contributed by atoms with Crippen molar-refractivity contribution in [1.82, 2.24) is 19.6 Å². The van der Waals surface area contributed by atoms with Crippen molar-refractivity contribution in [2.45, 2.75) is 45.1 Å². The van der Waals surface area contributed by atoms with Gasteiger partial charge in [0.1, 0.15) is 11.6 Å². The van der Waals surface area contributed by atoms with Gasteiger partial charge in [-0.05, 0) is 42.8 Å².